The van der Waals surface area contributed by atoms with Gasteiger partial charge in [-0.1, -0.05) is 35.9 Å². The molecule has 5 nitrogen and oxygen atoms in total. The van der Waals surface area contributed by atoms with Crippen LogP contribution in [0.15, 0.2) is 53.3 Å². The number of aromatic amines is 1. The summed E-state index contributed by atoms with van der Waals surface area (Å²) in [4.78, 5) is 30.5. The lowest BCUT2D eigenvalue weighted by atomic mass is 10.0. The molecule has 0 aliphatic carbocycles. The van der Waals surface area contributed by atoms with E-state index in [-0.39, 0.29) is 17.9 Å². The van der Waals surface area contributed by atoms with E-state index in [1.807, 2.05) is 41.3 Å². The van der Waals surface area contributed by atoms with Crippen molar-refractivity contribution in [2.24, 2.45) is 0 Å². The average Bonchev–Trinajstić information content (AvgIpc) is 2.64. The zero-order valence-corrected chi connectivity index (χ0v) is 14.8. The number of fused-ring (bicyclic) bond motifs is 2. The quantitative estimate of drug-likeness (QED) is 0.747. The normalized spacial score (nSPS) is 14.2. The first-order valence-electron chi connectivity index (χ1n) is 8.51. The van der Waals surface area contributed by atoms with Crippen LogP contribution in [0.1, 0.15) is 11.3 Å². The molecule has 1 aliphatic heterocycles. The highest BCUT2D eigenvalue weighted by atomic mass is 35.5. The molecule has 0 atom stereocenters. The lowest BCUT2D eigenvalue weighted by Gasteiger charge is -2.27. The molecule has 4 rings (SSSR count). The first-order chi connectivity index (χ1) is 12.6. The minimum Gasteiger partial charge on any atom is -0.358 e. The molecule has 132 valence electrons. The van der Waals surface area contributed by atoms with Gasteiger partial charge >= 0.3 is 0 Å². The second-order valence-corrected chi connectivity index (χ2v) is 6.85. The van der Waals surface area contributed by atoms with E-state index in [0.29, 0.717) is 22.6 Å². The predicted octanol–water partition coefficient (Wildman–Crippen LogP) is 3.18. The number of nitrogens with zero attached hydrogens (tertiary/aromatic N) is 1. The van der Waals surface area contributed by atoms with Crippen LogP contribution in [0.3, 0.4) is 0 Å². The molecule has 0 spiro atoms. The minimum absolute atomic E-state index is 0.0468. The van der Waals surface area contributed by atoms with Crippen molar-refractivity contribution in [2.45, 2.75) is 13.0 Å². The second-order valence-electron chi connectivity index (χ2n) is 6.45. The van der Waals surface area contributed by atoms with Gasteiger partial charge < -0.3 is 10.3 Å². The first kappa shape index (κ1) is 16.8. The lowest BCUT2D eigenvalue weighted by molar-refractivity contribution is -0.117. The van der Waals surface area contributed by atoms with Crippen molar-refractivity contribution >= 4 is 34.1 Å². The maximum Gasteiger partial charge on any atom is 0.238 e. The number of H-pyrrole nitrogens is 1. The second kappa shape index (κ2) is 6.94. The highest BCUT2D eigenvalue weighted by Gasteiger charge is 2.22. The third-order valence-electron chi connectivity index (χ3n) is 4.67. The minimum atomic E-state index is -0.140. The summed E-state index contributed by atoms with van der Waals surface area (Å²) in [6.45, 7) is 1.40. The summed E-state index contributed by atoms with van der Waals surface area (Å²) < 4.78 is 0. The molecule has 0 saturated carbocycles. The molecule has 0 bridgehead atoms. The number of anilines is 1. The van der Waals surface area contributed by atoms with Crippen LogP contribution in [-0.4, -0.2) is 28.9 Å². The molecule has 2 N–H and O–H groups in total. The first-order valence-corrected chi connectivity index (χ1v) is 8.89. The SMILES string of the molecule is O=C(CN1CCc2[nH]c3ccccc3c(=O)c2C1)Nc1ccccc1Cl. The summed E-state index contributed by atoms with van der Waals surface area (Å²) in [5.41, 5.74) is 3.23. The number of para-hydroxylation sites is 2. The summed E-state index contributed by atoms with van der Waals surface area (Å²) in [5, 5.41) is 4.02. The number of carbonyl (C=O) groups is 1. The summed E-state index contributed by atoms with van der Waals surface area (Å²) in [7, 11) is 0. The summed E-state index contributed by atoms with van der Waals surface area (Å²) in [5.74, 6) is -0.140. The maximum absolute atomic E-state index is 12.8. The Morgan fingerprint density at radius 3 is 2.77 bits per heavy atom. The number of benzene rings is 2. The van der Waals surface area contributed by atoms with E-state index in [2.05, 4.69) is 10.3 Å². The fourth-order valence-electron chi connectivity index (χ4n) is 3.37. The van der Waals surface area contributed by atoms with E-state index in [1.54, 1.807) is 12.1 Å². The molecule has 1 aliphatic rings. The number of rotatable bonds is 3. The van der Waals surface area contributed by atoms with Crippen LogP contribution < -0.4 is 10.7 Å². The van der Waals surface area contributed by atoms with E-state index in [0.717, 1.165) is 29.7 Å². The number of halogens is 1. The van der Waals surface area contributed by atoms with Crippen molar-refractivity contribution < 1.29 is 4.79 Å². The Kier molecular flexibility index (Phi) is 4.49. The van der Waals surface area contributed by atoms with E-state index in [1.165, 1.54) is 0 Å². The van der Waals surface area contributed by atoms with Crippen LogP contribution >= 0.6 is 11.6 Å². The third kappa shape index (κ3) is 3.23. The van der Waals surface area contributed by atoms with Crippen molar-refractivity contribution in [1.82, 2.24) is 9.88 Å². The number of nitrogens with one attached hydrogen (secondary N) is 2. The number of hydrogen-bond acceptors (Lipinski definition) is 3. The standard InChI is InChI=1S/C20H18ClN3O2/c21-15-6-2-4-8-18(15)23-19(25)12-24-10-9-17-14(11-24)20(26)13-5-1-3-7-16(13)22-17/h1-8H,9-12H2,(H,22,26)(H,23,25). The van der Waals surface area contributed by atoms with Gasteiger partial charge in [0.1, 0.15) is 0 Å². The highest BCUT2D eigenvalue weighted by Crippen LogP contribution is 2.21. The zero-order valence-electron chi connectivity index (χ0n) is 14.1. The largest absolute Gasteiger partial charge is 0.358 e. The molecule has 0 saturated heterocycles. The molecule has 0 fully saturated rings. The van der Waals surface area contributed by atoms with Gasteiger partial charge in [0.25, 0.3) is 0 Å². The Hall–Kier alpha value is -2.63. The van der Waals surface area contributed by atoms with Crippen LogP contribution in [0.5, 0.6) is 0 Å². The predicted molar refractivity (Wildman–Crippen MR) is 104 cm³/mol. The van der Waals surface area contributed by atoms with E-state index >= 15 is 0 Å². The fourth-order valence-corrected chi connectivity index (χ4v) is 3.55. The van der Waals surface area contributed by atoms with Gasteiger partial charge in [-0.3, -0.25) is 14.5 Å². The van der Waals surface area contributed by atoms with Crippen molar-refractivity contribution in [2.75, 3.05) is 18.4 Å². The van der Waals surface area contributed by atoms with Crippen molar-refractivity contribution in [3.05, 3.63) is 75.0 Å². The molecule has 1 aromatic heterocycles. The topological polar surface area (TPSA) is 65.2 Å². The van der Waals surface area contributed by atoms with Gasteiger partial charge in [-0.15, -0.1) is 0 Å². The number of carbonyl (C=O) groups excluding carboxylic acids is 1. The van der Waals surface area contributed by atoms with Gasteiger partial charge in [0.15, 0.2) is 5.43 Å². The van der Waals surface area contributed by atoms with E-state index in [9.17, 15) is 9.59 Å². The van der Waals surface area contributed by atoms with Gasteiger partial charge in [0.2, 0.25) is 5.91 Å². The number of pyridine rings is 1. The molecule has 26 heavy (non-hydrogen) atoms. The molecular formula is C20H18ClN3O2. The summed E-state index contributed by atoms with van der Waals surface area (Å²) in [6, 6.07) is 14.7. The van der Waals surface area contributed by atoms with Gasteiger partial charge in [-0.05, 0) is 24.3 Å². The average molecular weight is 368 g/mol. The molecule has 0 radical (unpaired) electrons. The van der Waals surface area contributed by atoms with E-state index in [4.69, 9.17) is 11.6 Å². The van der Waals surface area contributed by atoms with Gasteiger partial charge in [-0.25, -0.2) is 0 Å². The monoisotopic (exact) mass is 367 g/mol. The van der Waals surface area contributed by atoms with Crippen LogP contribution in [-0.2, 0) is 17.8 Å². The summed E-state index contributed by atoms with van der Waals surface area (Å²) in [6.07, 6.45) is 0.717. The molecule has 2 aromatic carbocycles. The molecule has 3 aromatic rings. The Morgan fingerprint density at radius 2 is 1.92 bits per heavy atom. The Balaban J connectivity index is 1.52. The van der Waals surface area contributed by atoms with Crippen molar-refractivity contribution in [3.8, 4) is 0 Å². The Labute approximate surface area is 155 Å². The highest BCUT2D eigenvalue weighted by molar-refractivity contribution is 6.33. The van der Waals surface area contributed by atoms with Gasteiger partial charge in [-0.2, -0.15) is 0 Å². The summed E-state index contributed by atoms with van der Waals surface area (Å²) >= 11 is 6.08. The maximum atomic E-state index is 12.8. The molecular weight excluding hydrogens is 350 g/mol. The molecule has 0 unspecified atom stereocenters. The smallest absolute Gasteiger partial charge is 0.238 e. The van der Waals surface area contributed by atoms with Gasteiger partial charge in [0.05, 0.1) is 17.3 Å². The van der Waals surface area contributed by atoms with Crippen molar-refractivity contribution in [3.63, 3.8) is 0 Å². The zero-order chi connectivity index (χ0) is 18.1. The van der Waals surface area contributed by atoms with Crippen molar-refractivity contribution in [1.29, 1.82) is 0 Å². The Bertz CT molecular complexity index is 1040. The fraction of sp³-hybridized carbons (Fsp3) is 0.200. The van der Waals surface area contributed by atoms with Gasteiger partial charge in [0, 0.05) is 41.7 Å². The number of hydrogen-bond donors (Lipinski definition) is 2. The van der Waals surface area contributed by atoms with E-state index < -0.39 is 0 Å². The third-order valence-corrected chi connectivity index (χ3v) is 5.00. The van der Waals surface area contributed by atoms with Crippen LogP contribution in [0, 0.1) is 0 Å². The molecule has 1 amide bonds. The van der Waals surface area contributed by atoms with Crippen LogP contribution in [0.25, 0.3) is 10.9 Å². The van der Waals surface area contributed by atoms with Crippen LogP contribution in [0.4, 0.5) is 5.69 Å². The number of amides is 1. The molecule has 6 heteroatoms. The lowest BCUT2D eigenvalue weighted by Crippen LogP contribution is -2.39. The Morgan fingerprint density at radius 1 is 1.15 bits per heavy atom. The van der Waals surface area contributed by atoms with Crippen LogP contribution in [0.2, 0.25) is 5.02 Å². The molecule has 2 heterocycles. The number of aromatic nitrogens is 1.